The number of rotatable bonds is 9. The van der Waals surface area contributed by atoms with Gasteiger partial charge < -0.3 is 25.5 Å². The minimum absolute atomic E-state index is 0.193. The van der Waals surface area contributed by atoms with Gasteiger partial charge in [0.15, 0.2) is 0 Å². The molecule has 0 radical (unpaired) electrons. The molecule has 7 nitrogen and oxygen atoms in total. The maximum atomic E-state index is 12.2. The van der Waals surface area contributed by atoms with Gasteiger partial charge in [-0.1, -0.05) is 6.07 Å². The Balaban J connectivity index is 1.91. The van der Waals surface area contributed by atoms with Crippen molar-refractivity contribution in [1.29, 1.82) is 0 Å². The largest absolute Gasteiger partial charge is 0.467 e. The number of nitrogens with two attached hydrogens (primary N) is 1. The monoisotopic (exact) mass is 345 g/mol. The van der Waals surface area contributed by atoms with E-state index in [0.29, 0.717) is 42.3 Å². The van der Waals surface area contributed by atoms with E-state index in [1.54, 1.807) is 30.3 Å². The van der Waals surface area contributed by atoms with E-state index >= 15 is 0 Å². The van der Waals surface area contributed by atoms with Crippen LogP contribution in [0.15, 0.2) is 41.0 Å². The van der Waals surface area contributed by atoms with E-state index in [0.717, 1.165) is 6.42 Å². The Morgan fingerprint density at radius 3 is 2.76 bits per heavy atom. The SMILES string of the molecule is CCOCCCNC(=O)c1cccc(NC(=O)c2coc(CN)c2)c1. The van der Waals surface area contributed by atoms with E-state index in [9.17, 15) is 9.59 Å². The normalized spacial score (nSPS) is 10.5. The fourth-order valence-electron chi connectivity index (χ4n) is 2.17. The van der Waals surface area contributed by atoms with Crippen molar-refractivity contribution in [2.24, 2.45) is 5.73 Å². The van der Waals surface area contributed by atoms with E-state index < -0.39 is 0 Å². The van der Waals surface area contributed by atoms with Gasteiger partial charge in [0.05, 0.1) is 12.1 Å². The Bertz CT molecular complexity index is 712. The highest BCUT2D eigenvalue weighted by Gasteiger charge is 2.11. The first kappa shape index (κ1) is 18.7. The van der Waals surface area contributed by atoms with Crippen molar-refractivity contribution >= 4 is 17.5 Å². The molecule has 1 aromatic heterocycles. The molecule has 0 bridgehead atoms. The van der Waals surface area contributed by atoms with Crippen LogP contribution in [0.25, 0.3) is 0 Å². The number of benzene rings is 1. The molecule has 0 aliphatic carbocycles. The third-order valence-electron chi connectivity index (χ3n) is 3.45. The summed E-state index contributed by atoms with van der Waals surface area (Å²) in [5, 5.41) is 5.56. The zero-order valence-electron chi connectivity index (χ0n) is 14.2. The van der Waals surface area contributed by atoms with Crippen LogP contribution in [0.1, 0.15) is 39.8 Å². The Labute approximate surface area is 146 Å². The van der Waals surface area contributed by atoms with Crippen molar-refractivity contribution in [3.63, 3.8) is 0 Å². The lowest BCUT2D eigenvalue weighted by molar-refractivity contribution is 0.0943. The van der Waals surface area contributed by atoms with Crippen LogP contribution in [0, 0.1) is 0 Å². The Kier molecular flexibility index (Phi) is 7.18. The molecule has 1 heterocycles. The van der Waals surface area contributed by atoms with E-state index in [1.165, 1.54) is 6.26 Å². The topological polar surface area (TPSA) is 107 Å². The van der Waals surface area contributed by atoms with Crippen molar-refractivity contribution in [3.05, 3.63) is 53.5 Å². The molecule has 0 saturated carbocycles. The second-order valence-electron chi connectivity index (χ2n) is 5.35. The van der Waals surface area contributed by atoms with Gasteiger partial charge >= 0.3 is 0 Å². The van der Waals surface area contributed by atoms with Gasteiger partial charge in [-0.3, -0.25) is 9.59 Å². The smallest absolute Gasteiger partial charge is 0.258 e. The molecule has 0 unspecified atom stereocenters. The van der Waals surface area contributed by atoms with Crippen molar-refractivity contribution in [1.82, 2.24) is 5.32 Å². The Morgan fingerprint density at radius 2 is 2.04 bits per heavy atom. The molecule has 0 atom stereocenters. The van der Waals surface area contributed by atoms with Crippen LogP contribution in [0.3, 0.4) is 0 Å². The number of amides is 2. The lowest BCUT2D eigenvalue weighted by atomic mass is 10.1. The van der Waals surface area contributed by atoms with Crippen molar-refractivity contribution < 1.29 is 18.7 Å². The average Bonchev–Trinajstić information content (AvgIpc) is 3.11. The summed E-state index contributed by atoms with van der Waals surface area (Å²) in [6.45, 7) is 3.97. The van der Waals surface area contributed by atoms with Crippen LogP contribution < -0.4 is 16.4 Å². The van der Waals surface area contributed by atoms with E-state index in [2.05, 4.69) is 10.6 Å². The predicted octanol–water partition coefficient (Wildman–Crippen LogP) is 2.15. The number of furan rings is 1. The molecule has 2 amide bonds. The highest BCUT2D eigenvalue weighted by atomic mass is 16.5. The van der Waals surface area contributed by atoms with Crippen LogP contribution in [-0.4, -0.2) is 31.6 Å². The molecular weight excluding hydrogens is 322 g/mol. The first-order chi connectivity index (χ1) is 12.1. The predicted molar refractivity (Wildman–Crippen MR) is 94.4 cm³/mol. The van der Waals surface area contributed by atoms with Crippen LogP contribution in [0.2, 0.25) is 0 Å². The number of anilines is 1. The number of hydrogen-bond donors (Lipinski definition) is 3. The van der Waals surface area contributed by atoms with Gasteiger partial charge in [0.2, 0.25) is 0 Å². The van der Waals surface area contributed by atoms with Gasteiger partial charge in [-0.15, -0.1) is 0 Å². The first-order valence-electron chi connectivity index (χ1n) is 8.19. The van der Waals surface area contributed by atoms with Crippen LogP contribution >= 0.6 is 0 Å². The van der Waals surface area contributed by atoms with Crippen LogP contribution in [0.5, 0.6) is 0 Å². The van der Waals surface area contributed by atoms with Gasteiger partial charge in [0, 0.05) is 31.0 Å². The molecule has 134 valence electrons. The first-order valence-corrected chi connectivity index (χ1v) is 8.19. The Hall–Kier alpha value is -2.64. The fourth-order valence-corrected chi connectivity index (χ4v) is 2.17. The summed E-state index contributed by atoms with van der Waals surface area (Å²) in [5.41, 5.74) is 6.84. The average molecular weight is 345 g/mol. The highest BCUT2D eigenvalue weighted by molar-refractivity contribution is 6.05. The molecule has 0 fully saturated rings. The maximum absolute atomic E-state index is 12.2. The van der Waals surface area contributed by atoms with Crippen molar-refractivity contribution in [2.75, 3.05) is 25.1 Å². The zero-order valence-corrected chi connectivity index (χ0v) is 14.2. The maximum Gasteiger partial charge on any atom is 0.258 e. The molecule has 0 spiro atoms. The number of carbonyl (C=O) groups is 2. The second kappa shape index (κ2) is 9.61. The van der Waals surface area contributed by atoms with E-state index in [4.69, 9.17) is 14.9 Å². The number of nitrogens with one attached hydrogen (secondary N) is 2. The van der Waals surface area contributed by atoms with Gasteiger partial charge in [0.1, 0.15) is 12.0 Å². The summed E-state index contributed by atoms with van der Waals surface area (Å²) in [7, 11) is 0. The van der Waals surface area contributed by atoms with Gasteiger partial charge in [-0.25, -0.2) is 0 Å². The van der Waals surface area contributed by atoms with Gasteiger partial charge in [-0.2, -0.15) is 0 Å². The molecule has 0 aliphatic rings. The number of hydrogen-bond acceptors (Lipinski definition) is 5. The third kappa shape index (κ3) is 5.74. The molecule has 4 N–H and O–H groups in total. The summed E-state index contributed by atoms with van der Waals surface area (Å²) in [6, 6.07) is 8.33. The molecular formula is C18H23N3O4. The number of carbonyl (C=O) groups excluding carboxylic acids is 2. The minimum atomic E-state index is -0.322. The van der Waals surface area contributed by atoms with E-state index in [1.807, 2.05) is 6.92 Å². The van der Waals surface area contributed by atoms with E-state index in [-0.39, 0.29) is 18.4 Å². The summed E-state index contributed by atoms with van der Waals surface area (Å²) in [5.74, 6) is 0.0179. The fraction of sp³-hybridized carbons (Fsp3) is 0.333. The van der Waals surface area contributed by atoms with Crippen LogP contribution in [-0.2, 0) is 11.3 Å². The zero-order chi connectivity index (χ0) is 18.1. The summed E-state index contributed by atoms with van der Waals surface area (Å²) < 4.78 is 10.4. The molecule has 0 saturated heterocycles. The molecule has 1 aromatic carbocycles. The summed E-state index contributed by atoms with van der Waals surface area (Å²) in [6.07, 6.45) is 2.10. The molecule has 2 rings (SSSR count). The second-order valence-corrected chi connectivity index (χ2v) is 5.35. The molecule has 7 heteroatoms. The lowest BCUT2D eigenvalue weighted by Crippen LogP contribution is -2.25. The Morgan fingerprint density at radius 1 is 1.20 bits per heavy atom. The molecule has 2 aromatic rings. The quantitative estimate of drug-likeness (QED) is 0.604. The summed E-state index contributed by atoms with van der Waals surface area (Å²) in [4.78, 5) is 24.3. The lowest BCUT2D eigenvalue weighted by Gasteiger charge is -2.08. The van der Waals surface area contributed by atoms with Crippen molar-refractivity contribution in [2.45, 2.75) is 19.9 Å². The minimum Gasteiger partial charge on any atom is -0.467 e. The highest BCUT2D eigenvalue weighted by Crippen LogP contribution is 2.14. The molecule has 25 heavy (non-hydrogen) atoms. The third-order valence-corrected chi connectivity index (χ3v) is 3.45. The molecule has 0 aliphatic heterocycles. The van der Waals surface area contributed by atoms with Gasteiger partial charge in [-0.05, 0) is 37.6 Å². The standard InChI is InChI=1S/C18H23N3O4/c1-2-24-8-4-7-20-17(22)13-5-3-6-15(9-13)21-18(23)14-10-16(11-19)25-12-14/h3,5-6,9-10,12H,2,4,7-8,11,19H2,1H3,(H,20,22)(H,21,23). The summed E-state index contributed by atoms with van der Waals surface area (Å²) >= 11 is 0. The van der Waals surface area contributed by atoms with Crippen molar-refractivity contribution in [3.8, 4) is 0 Å². The van der Waals surface area contributed by atoms with Crippen LogP contribution in [0.4, 0.5) is 5.69 Å². The number of ether oxygens (including phenoxy) is 1. The van der Waals surface area contributed by atoms with Gasteiger partial charge in [0.25, 0.3) is 11.8 Å².